The zero-order chi connectivity index (χ0) is 9.76. The van der Waals surface area contributed by atoms with Crippen molar-refractivity contribution in [1.29, 1.82) is 0 Å². The predicted octanol–water partition coefficient (Wildman–Crippen LogP) is 2.70. The van der Waals surface area contributed by atoms with Crippen LogP contribution < -0.4 is 0 Å². The van der Waals surface area contributed by atoms with E-state index in [0.29, 0.717) is 5.25 Å². The summed E-state index contributed by atoms with van der Waals surface area (Å²) in [6, 6.07) is 6.48. The molecule has 1 heterocycles. The van der Waals surface area contributed by atoms with E-state index < -0.39 is 5.60 Å². The lowest BCUT2D eigenvalue weighted by Crippen LogP contribution is -2.04. The molecule has 2 aliphatic rings. The zero-order valence-electron chi connectivity index (χ0n) is 8.29. The normalized spacial score (nSPS) is 27.4. The van der Waals surface area contributed by atoms with E-state index in [9.17, 15) is 5.11 Å². The minimum Gasteiger partial charge on any atom is -0.385 e. The molecule has 1 aromatic carbocycles. The van der Waals surface area contributed by atoms with Crippen LogP contribution in [0.2, 0.25) is 0 Å². The van der Waals surface area contributed by atoms with Crippen LogP contribution >= 0.6 is 11.8 Å². The SMILES string of the molecule is CC1Cc2cc(C3(O)CC3)ccc2S1. The molecule has 0 spiro atoms. The van der Waals surface area contributed by atoms with Crippen LogP contribution in [0.1, 0.15) is 30.9 Å². The van der Waals surface area contributed by atoms with Crippen molar-refractivity contribution in [2.45, 2.75) is 41.9 Å². The predicted molar refractivity (Wildman–Crippen MR) is 58.6 cm³/mol. The molecule has 74 valence electrons. The lowest BCUT2D eigenvalue weighted by atomic mass is 10.0. The highest BCUT2D eigenvalue weighted by molar-refractivity contribution is 8.00. The maximum atomic E-state index is 9.99. The number of hydrogen-bond donors (Lipinski definition) is 1. The highest BCUT2D eigenvalue weighted by Crippen LogP contribution is 2.47. The molecular formula is C12H14OS. The van der Waals surface area contributed by atoms with Crippen molar-refractivity contribution >= 4 is 11.8 Å². The van der Waals surface area contributed by atoms with Crippen molar-refractivity contribution < 1.29 is 5.11 Å². The summed E-state index contributed by atoms with van der Waals surface area (Å²) in [5, 5.41) is 10.7. The van der Waals surface area contributed by atoms with E-state index in [0.717, 1.165) is 24.8 Å². The van der Waals surface area contributed by atoms with Gasteiger partial charge in [-0.05, 0) is 36.5 Å². The molecule has 1 atom stereocenters. The topological polar surface area (TPSA) is 20.2 Å². The Morgan fingerprint density at radius 2 is 2.21 bits per heavy atom. The molecule has 1 saturated carbocycles. The van der Waals surface area contributed by atoms with Crippen molar-refractivity contribution in [3.8, 4) is 0 Å². The third-order valence-electron chi connectivity index (χ3n) is 3.16. The molecule has 1 aromatic rings. The summed E-state index contributed by atoms with van der Waals surface area (Å²) in [6.07, 6.45) is 3.03. The molecule has 0 bridgehead atoms. The van der Waals surface area contributed by atoms with E-state index in [1.165, 1.54) is 10.5 Å². The van der Waals surface area contributed by atoms with Crippen LogP contribution in [-0.2, 0) is 12.0 Å². The Hall–Kier alpha value is -0.470. The second-order valence-corrected chi connectivity index (χ2v) is 5.97. The lowest BCUT2D eigenvalue weighted by Gasteiger charge is -2.09. The fourth-order valence-electron chi connectivity index (χ4n) is 2.12. The summed E-state index contributed by atoms with van der Waals surface area (Å²) in [5.74, 6) is 0. The fraction of sp³-hybridized carbons (Fsp3) is 0.500. The fourth-order valence-corrected chi connectivity index (χ4v) is 3.26. The van der Waals surface area contributed by atoms with E-state index in [1.807, 2.05) is 11.8 Å². The molecule has 1 N–H and O–H groups in total. The number of hydrogen-bond acceptors (Lipinski definition) is 2. The maximum Gasteiger partial charge on any atom is 0.0899 e. The van der Waals surface area contributed by atoms with Crippen LogP contribution in [0.3, 0.4) is 0 Å². The molecule has 0 amide bonds. The van der Waals surface area contributed by atoms with Gasteiger partial charge in [0.2, 0.25) is 0 Å². The number of rotatable bonds is 1. The van der Waals surface area contributed by atoms with Crippen LogP contribution in [0.4, 0.5) is 0 Å². The van der Waals surface area contributed by atoms with E-state index in [4.69, 9.17) is 0 Å². The smallest absolute Gasteiger partial charge is 0.0899 e. The van der Waals surface area contributed by atoms with Crippen molar-refractivity contribution in [2.75, 3.05) is 0 Å². The molecule has 1 aliphatic heterocycles. The van der Waals surface area contributed by atoms with Crippen LogP contribution in [0.5, 0.6) is 0 Å². The van der Waals surface area contributed by atoms with Gasteiger partial charge in [0.1, 0.15) is 0 Å². The molecule has 1 fully saturated rings. The Kier molecular flexibility index (Phi) is 1.74. The Labute approximate surface area is 88.5 Å². The quantitative estimate of drug-likeness (QED) is 0.762. The summed E-state index contributed by atoms with van der Waals surface area (Å²) in [5.41, 5.74) is 2.09. The van der Waals surface area contributed by atoms with Gasteiger partial charge in [-0.25, -0.2) is 0 Å². The van der Waals surface area contributed by atoms with E-state index in [2.05, 4.69) is 25.1 Å². The van der Waals surface area contributed by atoms with E-state index in [-0.39, 0.29) is 0 Å². The molecule has 1 nitrogen and oxygen atoms in total. The summed E-state index contributed by atoms with van der Waals surface area (Å²) in [4.78, 5) is 1.41. The molecule has 1 aliphatic carbocycles. The van der Waals surface area contributed by atoms with Crippen LogP contribution in [0.15, 0.2) is 23.1 Å². The Morgan fingerprint density at radius 1 is 1.43 bits per heavy atom. The molecular weight excluding hydrogens is 192 g/mol. The maximum absolute atomic E-state index is 9.99. The third-order valence-corrected chi connectivity index (χ3v) is 4.38. The number of fused-ring (bicyclic) bond motifs is 1. The minimum atomic E-state index is -0.467. The van der Waals surface area contributed by atoms with Gasteiger partial charge >= 0.3 is 0 Å². The monoisotopic (exact) mass is 206 g/mol. The first kappa shape index (κ1) is 8.81. The van der Waals surface area contributed by atoms with Gasteiger partial charge in [0.25, 0.3) is 0 Å². The summed E-state index contributed by atoms with van der Waals surface area (Å²) in [6.45, 7) is 2.26. The van der Waals surface area contributed by atoms with Crippen molar-refractivity contribution in [2.24, 2.45) is 0 Å². The first-order chi connectivity index (χ1) is 6.67. The Balaban J connectivity index is 2.00. The molecule has 14 heavy (non-hydrogen) atoms. The lowest BCUT2D eigenvalue weighted by molar-refractivity contribution is 0.151. The van der Waals surface area contributed by atoms with Gasteiger partial charge < -0.3 is 5.11 Å². The average molecular weight is 206 g/mol. The van der Waals surface area contributed by atoms with E-state index >= 15 is 0 Å². The van der Waals surface area contributed by atoms with Crippen molar-refractivity contribution in [3.05, 3.63) is 29.3 Å². The Morgan fingerprint density at radius 3 is 2.93 bits per heavy atom. The van der Waals surface area contributed by atoms with Crippen molar-refractivity contribution in [3.63, 3.8) is 0 Å². The number of benzene rings is 1. The van der Waals surface area contributed by atoms with E-state index in [1.54, 1.807) is 0 Å². The van der Waals surface area contributed by atoms with Crippen LogP contribution in [-0.4, -0.2) is 10.4 Å². The number of aliphatic hydroxyl groups is 1. The van der Waals surface area contributed by atoms with Gasteiger partial charge in [-0.1, -0.05) is 19.1 Å². The molecule has 2 heteroatoms. The molecule has 0 aromatic heterocycles. The molecule has 0 radical (unpaired) electrons. The second-order valence-electron chi connectivity index (χ2n) is 4.49. The largest absolute Gasteiger partial charge is 0.385 e. The molecule has 1 unspecified atom stereocenters. The summed E-state index contributed by atoms with van der Waals surface area (Å²) < 4.78 is 0. The Bertz CT molecular complexity index is 382. The third kappa shape index (κ3) is 1.29. The highest BCUT2D eigenvalue weighted by atomic mass is 32.2. The van der Waals surface area contributed by atoms with Gasteiger partial charge in [-0.3, -0.25) is 0 Å². The number of thioether (sulfide) groups is 1. The molecule has 0 saturated heterocycles. The van der Waals surface area contributed by atoms with Crippen molar-refractivity contribution in [1.82, 2.24) is 0 Å². The molecule has 3 rings (SSSR count). The second kappa shape index (κ2) is 2.77. The van der Waals surface area contributed by atoms with Gasteiger partial charge in [0.15, 0.2) is 0 Å². The van der Waals surface area contributed by atoms with Gasteiger partial charge in [0, 0.05) is 10.1 Å². The summed E-state index contributed by atoms with van der Waals surface area (Å²) in [7, 11) is 0. The summed E-state index contributed by atoms with van der Waals surface area (Å²) >= 11 is 1.95. The minimum absolute atomic E-state index is 0.467. The standard InChI is InChI=1S/C12H14OS/c1-8-6-9-7-10(12(13)4-5-12)2-3-11(9)14-8/h2-3,7-8,13H,4-6H2,1H3. The zero-order valence-corrected chi connectivity index (χ0v) is 9.10. The first-order valence-corrected chi connectivity index (χ1v) is 6.08. The highest BCUT2D eigenvalue weighted by Gasteiger charge is 2.42. The van der Waals surface area contributed by atoms with Gasteiger partial charge in [0.05, 0.1) is 5.60 Å². The van der Waals surface area contributed by atoms with Crippen LogP contribution in [0, 0.1) is 0 Å². The van der Waals surface area contributed by atoms with Crippen LogP contribution in [0.25, 0.3) is 0 Å². The average Bonchev–Trinajstić information content (AvgIpc) is 2.79. The van der Waals surface area contributed by atoms with Gasteiger partial charge in [-0.15, -0.1) is 11.8 Å². The van der Waals surface area contributed by atoms with Gasteiger partial charge in [-0.2, -0.15) is 0 Å². The first-order valence-electron chi connectivity index (χ1n) is 5.20.